The number of phosphoric acid groups is 3. The van der Waals surface area contributed by atoms with E-state index in [0.717, 1.165) is 5.92 Å². The van der Waals surface area contributed by atoms with Crippen LogP contribution in [0.2, 0.25) is 0 Å². The minimum Gasteiger partial charge on any atom is -0.302 e. The van der Waals surface area contributed by atoms with Crippen LogP contribution in [0.4, 0.5) is 0 Å². The molecule has 0 aromatic heterocycles. The molecule has 0 aliphatic heterocycles. The zero-order chi connectivity index (χ0) is 23.7. The molecule has 10 nitrogen and oxygen atoms in total. The van der Waals surface area contributed by atoms with Crippen molar-refractivity contribution in [3.8, 4) is 0 Å². The normalized spacial score (nSPS) is 17.0. The molecule has 1 aliphatic rings. The molecule has 174 valence electrons. The van der Waals surface area contributed by atoms with Crippen LogP contribution < -0.4 is 0 Å². The van der Waals surface area contributed by atoms with Crippen molar-refractivity contribution in [2.45, 2.75) is 32.1 Å². The minimum absolute atomic E-state index is 0.722. The van der Waals surface area contributed by atoms with Crippen LogP contribution in [-0.4, -0.2) is 24.5 Å². The molecule has 1 unspecified atom stereocenters. The number of rotatable bonds is 4. The quantitative estimate of drug-likeness (QED) is 0.247. The molecule has 3 aromatic carbocycles. The summed E-state index contributed by atoms with van der Waals surface area (Å²) in [5.41, 5.74) is 3.18. The Balaban J connectivity index is 0.000000198. The van der Waals surface area contributed by atoms with Crippen molar-refractivity contribution in [2.75, 3.05) is 0 Å². The van der Waals surface area contributed by atoms with Crippen LogP contribution in [0.5, 0.6) is 0 Å². The van der Waals surface area contributed by atoms with Gasteiger partial charge >= 0.3 is 23.5 Å². The molecule has 0 radical (unpaired) electrons. The lowest BCUT2D eigenvalue weighted by Crippen LogP contribution is -2.07. The van der Waals surface area contributed by atoms with Gasteiger partial charge in [0.15, 0.2) is 0 Å². The number of aryl methyl sites for hydroxylation is 1. The van der Waals surface area contributed by atoms with Gasteiger partial charge in [-0.05, 0) is 57.9 Å². The Morgan fingerprint density at radius 3 is 2.00 bits per heavy atom. The fraction of sp³-hybridized carbons (Fsp3) is 0.263. The van der Waals surface area contributed by atoms with E-state index in [1.54, 1.807) is 11.1 Å². The zero-order valence-electron chi connectivity index (χ0n) is 16.9. The largest absolute Gasteiger partial charge is 0.490 e. The Labute approximate surface area is 183 Å². The third-order valence-corrected chi connectivity index (χ3v) is 8.44. The van der Waals surface area contributed by atoms with Gasteiger partial charge in [0.1, 0.15) is 0 Å². The smallest absolute Gasteiger partial charge is 0.302 e. The summed E-state index contributed by atoms with van der Waals surface area (Å²) >= 11 is 0. The van der Waals surface area contributed by atoms with Crippen molar-refractivity contribution in [3.63, 3.8) is 0 Å². The van der Waals surface area contributed by atoms with Crippen molar-refractivity contribution < 1.29 is 46.8 Å². The molecule has 4 rings (SSSR count). The number of fused-ring (bicyclic) bond motifs is 5. The fourth-order valence-electron chi connectivity index (χ4n) is 3.93. The van der Waals surface area contributed by atoms with E-state index < -0.39 is 23.5 Å². The van der Waals surface area contributed by atoms with Crippen molar-refractivity contribution in [1.82, 2.24) is 0 Å². The first-order valence-electron chi connectivity index (χ1n) is 9.55. The standard InChI is InChI=1S/C19H18.H5O10P3/c1-13-5-4-8-17-15(13)11-12-18-16-7-3-2-6-14(16)9-10-19(17)18;1-11(2,3)9-13(7,8)10-12(4,5)6/h2-3,6-7,9-13H,4-5,8H2,1H3;(H,7,8)(H2,1,2,3)(H2,4,5,6). The van der Waals surface area contributed by atoms with Gasteiger partial charge in [-0.15, -0.1) is 0 Å². The highest BCUT2D eigenvalue weighted by molar-refractivity contribution is 7.66. The minimum atomic E-state index is -5.46. The SMILES string of the molecule is CC1CCCc2c1ccc1c2ccc2ccccc21.O=P(O)(O)OP(=O)(O)OP(=O)(O)O. The highest BCUT2D eigenvalue weighted by Gasteiger charge is 2.38. The first-order chi connectivity index (χ1) is 14.8. The van der Waals surface area contributed by atoms with E-state index in [-0.39, 0.29) is 0 Å². The second-order valence-electron chi connectivity index (χ2n) is 7.42. The van der Waals surface area contributed by atoms with Crippen molar-refractivity contribution in [1.29, 1.82) is 0 Å². The molecule has 0 saturated carbocycles. The summed E-state index contributed by atoms with van der Waals surface area (Å²) in [7, 11) is -16.2. The molecule has 0 bridgehead atoms. The lowest BCUT2D eigenvalue weighted by molar-refractivity contribution is 0.204. The maximum Gasteiger partial charge on any atom is 0.490 e. The van der Waals surface area contributed by atoms with Crippen LogP contribution in [-0.2, 0) is 28.7 Å². The maximum absolute atomic E-state index is 10.4. The summed E-state index contributed by atoms with van der Waals surface area (Å²) in [5.74, 6) is 0.722. The fourth-order valence-corrected chi connectivity index (χ4v) is 6.47. The van der Waals surface area contributed by atoms with Crippen molar-refractivity contribution >= 4 is 45.0 Å². The maximum atomic E-state index is 10.4. The van der Waals surface area contributed by atoms with Crippen LogP contribution in [0.25, 0.3) is 21.5 Å². The van der Waals surface area contributed by atoms with E-state index in [9.17, 15) is 13.7 Å². The topological polar surface area (TPSA) is 171 Å². The molecule has 3 aromatic rings. The summed E-state index contributed by atoms with van der Waals surface area (Å²) < 4.78 is 36.4. The lowest BCUT2D eigenvalue weighted by atomic mass is 9.81. The first kappa shape index (κ1) is 25.2. The van der Waals surface area contributed by atoms with E-state index in [0.29, 0.717) is 0 Å². The second kappa shape index (κ2) is 9.45. The van der Waals surface area contributed by atoms with E-state index >= 15 is 0 Å². The Morgan fingerprint density at radius 1 is 0.781 bits per heavy atom. The summed E-state index contributed by atoms with van der Waals surface area (Å²) in [4.78, 5) is 40.2. The van der Waals surface area contributed by atoms with Gasteiger partial charge in [0.25, 0.3) is 0 Å². The molecular weight excluding hydrogens is 481 g/mol. The van der Waals surface area contributed by atoms with Crippen molar-refractivity contribution in [3.05, 3.63) is 59.7 Å². The molecule has 0 saturated heterocycles. The van der Waals surface area contributed by atoms with E-state index in [2.05, 4.69) is 64.1 Å². The highest BCUT2D eigenvalue weighted by atomic mass is 31.3. The molecule has 0 amide bonds. The first-order valence-corrected chi connectivity index (χ1v) is 14.1. The van der Waals surface area contributed by atoms with Gasteiger partial charge in [-0.2, -0.15) is 8.62 Å². The van der Waals surface area contributed by atoms with Gasteiger partial charge in [-0.1, -0.05) is 55.5 Å². The Kier molecular flexibility index (Phi) is 7.45. The molecule has 0 heterocycles. The van der Waals surface area contributed by atoms with Gasteiger partial charge < -0.3 is 24.5 Å². The summed E-state index contributed by atoms with van der Waals surface area (Å²) in [6, 6.07) is 18.0. The Morgan fingerprint density at radius 2 is 1.38 bits per heavy atom. The number of hydrogen-bond donors (Lipinski definition) is 5. The lowest BCUT2D eigenvalue weighted by Gasteiger charge is -2.24. The molecule has 13 heteroatoms. The molecular formula is C19H23O10P3. The third kappa shape index (κ3) is 6.56. The number of benzene rings is 3. The van der Waals surface area contributed by atoms with Gasteiger partial charge in [0, 0.05) is 0 Å². The number of hydrogen-bond acceptors (Lipinski definition) is 5. The predicted molar refractivity (Wildman–Crippen MR) is 119 cm³/mol. The van der Waals surface area contributed by atoms with E-state index in [1.165, 1.54) is 40.8 Å². The van der Waals surface area contributed by atoms with Gasteiger partial charge in [0.2, 0.25) is 0 Å². The van der Waals surface area contributed by atoms with Crippen LogP contribution in [0.1, 0.15) is 36.8 Å². The monoisotopic (exact) mass is 504 g/mol. The molecule has 0 spiro atoms. The van der Waals surface area contributed by atoms with Gasteiger partial charge in [0.05, 0.1) is 0 Å². The predicted octanol–water partition coefficient (Wildman–Crippen LogP) is 4.74. The average molecular weight is 504 g/mol. The summed E-state index contributed by atoms with van der Waals surface area (Å²) in [6.07, 6.45) is 3.92. The zero-order valence-corrected chi connectivity index (χ0v) is 19.6. The van der Waals surface area contributed by atoms with Crippen LogP contribution >= 0.6 is 23.5 Å². The average Bonchev–Trinajstić information content (AvgIpc) is 2.64. The summed E-state index contributed by atoms with van der Waals surface area (Å²) in [5, 5.41) is 5.63. The molecule has 1 aliphatic carbocycles. The molecule has 0 fully saturated rings. The van der Waals surface area contributed by atoms with Gasteiger partial charge in [-0.3, -0.25) is 0 Å². The van der Waals surface area contributed by atoms with E-state index in [4.69, 9.17) is 24.5 Å². The molecule has 1 atom stereocenters. The highest BCUT2D eigenvalue weighted by Crippen LogP contribution is 2.64. The van der Waals surface area contributed by atoms with Crippen molar-refractivity contribution in [2.24, 2.45) is 0 Å². The summed E-state index contributed by atoms with van der Waals surface area (Å²) in [6.45, 7) is 2.37. The Bertz CT molecular complexity index is 1250. The molecule has 32 heavy (non-hydrogen) atoms. The van der Waals surface area contributed by atoms with Crippen LogP contribution in [0.15, 0.2) is 48.5 Å². The molecule has 5 N–H and O–H groups in total. The Hall–Kier alpha value is -1.41. The van der Waals surface area contributed by atoms with Crippen LogP contribution in [0, 0.1) is 0 Å². The van der Waals surface area contributed by atoms with E-state index in [1.807, 2.05) is 0 Å². The second-order valence-corrected chi connectivity index (χ2v) is 11.6. The van der Waals surface area contributed by atoms with Crippen LogP contribution in [0.3, 0.4) is 0 Å². The third-order valence-electron chi connectivity index (χ3n) is 5.09. The van der Waals surface area contributed by atoms with Gasteiger partial charge in [-0.25, -0.2) is 13.7 Å².